The molecule has 0 unspecified atom stereocenters. The average Bonchev–Trinajstić information content (AvgIpc) is 2.78. The molecule has 21 heavy (non-hydrogen) atoms. The molecule has 0 saturated carbocycles. The van der Waals surface area contributed by atoms with Crippen molar-refractivity contribution in [1.82, 2.24) is 4.98 Å². The smallest absolute Gasteiger partial charge is 0.218 e. The van der Waals surface area contributed by atoms with Crippen LogP contribution in [-0.2, 0) is 0 Å². The maximum absolute atomic E-state index is 10.0. The Bertz CT molecular complexity index is 852. The standard InChI is InChI=1S/C16H14BrN3O/c1-9-4-3-5-12-14(9)18-16(21)15(12)20-19-11-6-7-13(17)10(2)8-11/h3-8,18,21H,1-2H3. The number of aromatic hydroxyl groups is 1. The van der Waals surface area contributed by atoms with Crippen molar-refractivity contribution in [1.29, 1.82) is 0 Å². The van der Waals surface area contributed by atoms with Gasteiger partial charge in [0.2, 0.25) is 5.88 Å². The fourth-order valence-electron chi connectivity index (χ4n) is 2.24. The van der Waals surface area contributed by atoms with E-state index in [9.17, 15) is 5.11 Å². The molecule has 0 fully saturated rings. The van der Waals surface area contributed by atoms with Crippen molar-refractivity contribution >= 4 is 38.2 Å². The molecule has 1 aromatic heterocycles. The summed E-state index contributed by atoms with van der Waals surface area (Å²) in [4.78, 5) is 2.95. The van der Waals surface area contributed by atoms with Crippen LogP contribution < -0.4 is 0 Å². The van der Waals surface area contributed by atoms with Crippen molar-refractivity contribution < 1.29 is 5.11 Å². The van der Waals surface area contributed by atoms with Gasteiger partial charge in [0.25, 0.3) is 0 Å². The van der Waals surface area contributed by atoms with E-state index in [1.54, 1.807) is 0 Å². The maximum Gasteiger partial charge on any atom is 0.218 e. The number of benzene rings is 2. The van der Waals surface area contributed by atoms with Gasteiger partial charge in [-0.25, -0.2) is 0 Å². The van der Waals surface area contributed by atoms with Crippen molar-refractivity contribution in [2.24, 2.45) is 10.2 Å². The number of aromatic amines is 1. The van der Waals surface area contributed by atoms with Gasteiger partial charge in [-0.05, 0) is 43.2 Å². The lowest BCUT2D eigenvalue weighted by molar-refractivity contribution is 0.459. The number of nitrogens with zero attached hydrogens (tertiary/aromatic N) is 2. The van der Waals surface area contributed by atoms with Crippen molar-refractivity contribution in [2.45, 2.75) is 13.8 Å². The van der Waals surface area contributed by atoms with E-state index in [1.807, 2.05) is 50.2 Å². The van der Waals surface area contributed by atoms with Gasteiger partial charge in [-0.2, -0.15) is 5.11 Å². The van der Waals surface area contributed by atoms with Gasteiger partial charge in [-0.3, -0.25) is 0 Å². The molecule has 0 bridgehead atoms. The third kappa shape index (κ3) is 2.56. The number of hydrogen-bond acceptors (Lipinski definition) is 3. The molecule has 3 rings (SSSR count). The molecule has 4 nitrogen and oxygen atoms in total. The summed E-state index contributed by atoms with van der Waals surface area (Å²) in [7, 11) is 0. The molecule has 0 atom stereocenters. The number of halogens is 1. The summed E-state index contributed by atoms with van der Waals surface area (Å²) in [6.07, 6.45) is 0. The second kappa shape index (κ2) is 5.33. The summed E-state index contributed by atoms with van der Waals surface area (Å²) < 4.78 is 1.03. The lowest BCUT2D eigenvalue weighted by Crippen LogP contribution is -1.74. The summed E-state index contributed by atoms with van der Waals surface area (Å²) in [5.74, 6) is 0.0388. The molecule has 0 aliphatic heterocycles. The number of aromatic nitrogens is 1. The highest BCUT2D eigenvalue weighted by molar-refractivity contribution is 9.10. The zero-order valence-electron chi connectivity index (χ0n) is 11.7. The highest BCUT2D eigenvalue weighted by Crippen LogP contribution is 2.37. The number of hydrogen-bond donors (Lipinski definition) is 2. The summed E-state index contributed by atoms with van der Waals surface area (Å²) in [5, 5.41) is 19.3. The second-order valence-electron chi connectivity index (χ2n) is 4.95. The van der Waals surface area contributed by atoms with Crippen LogP contribution >= 0.6 is 15.9 Å². The predicted octanol–water partition coefficient (Wildman–Crippen LogP) is 5.67. The quantitative estimate of drug-likeness (QED) is 0.578. The van der Waals surface area contributed by atoms with Crippen LogP contribution in [0.15, 0.2) is 51.1 Å². The van der Waals surface area contributed by atoms with E-state index in [0.29, 0.717) is 5.69 Å². The van der Waals surface area contributed by atoms with E-state index in [4.69, 9.17) is 0 Å². The topological polar surface area (TPSA) is 60.7 Å². The van der Waals surface area contributed by atoms with Gasteiger partial charge in [0.05, 0.1) is 11.2 Å². The Morgan fingerprint density at radius 2 is 1.86 bits per heavy atom. The Morgan fingerprint density at radius 3 is 2.62 bits per heavy atom. The van der Waals surface area contributed by atoms with Crippen LogP contribution in [0.1, 0.15) is 11.1 Å². The fraction of sp³-hybridized carbons (Fsp3) is 0.125. The molecule has 0 radical (unpaired) electrons. The Morgan fingerprint density at radius 1 is 1.05 bits per heavy atom. The zero-order chi connectivity index (χ0) is 15.0. The lowest BCUT2D eigenvalue weighted by Gasteiger charge is -1.98. The van der Waals surface area contributed by atoms with Crippen molar-refractivity contribution in [3.63, 3.8) is 0 Å². The van der Waals surface area contributed by atoms with Crippen LogP contribution in [0.2, 0.25) is 0 Å². The number of azo groups is 1. The van der Waals surface area contributed by atoms with E-state index in [2.05, 4.69) is 31.1 Å². The van der Waals surface area contributed by atoms with E-state index in [0.717, 1.165) is 32.2 Å². The van der Waals surface area contributed by atoms with Crippen LogP contribution in [0, 0.1) is 13.8 Å². The van der Waals surface area contributed by atoms with Gasteiger partial charge in [0.1, 0.15) is 0 Å². The molecule has 2 N–H and O–H groups in total. The monoisotopic (exact) mass is 343 g/mol. The minimum Gasteiger partial charge on any atom is -0.493 e. The van der Waals surface area contributed by atoms with Gasteiger partial charge in [-0.15, -0.1) is 5.11 Å². The molecule has 0 aliphatic carbocycles. The van der Waals surface area contributed by atoms with E-state index >= 15 is 0 Å². The molecular weight excluding hydrogens is 330 g/mol. The van der Waals surface area contributed by atoms with Gasteiger partial charge < -0.3 is 10.1 Å². The molecule has 1 heterocycles. The van der Waals surface area contributed by atoms with Gasteiger partial charge >= 0.3 is 0 Å². The fourth-order valence-corrected chi connectivity index (χ4v) is 2.48. The van der Waals surface area contributed by atoms with Crippen LogP contribution in [0.25, 0.3) is 10.9 Å². The number of rotatable bonds is 2. The Balaban J connectivity index is 2.05. The van der Waals surface area contributed by atoms with E-state index in [1.165, 1.54) is 0 Å². The average molecular weight is 344 g/mol. The molecule has 0 saturated heterocycles. The zero-order valence-corrected chi connectivity index (χ0v) is 13.3. The first kappa shape index (κ1) is 13.8. The van der Waals surface area contributed by atoms with Gasteiger partial charge in [0.15, 0.2) is 5.69 Å². The number of aryl methyl sites for hydroxylation is 2. The Kier molecular flexibility index (Phi) is 3.51. The normalized spacial score (nSPS) is 11.6. The highest BCUT2D eigenvalue weighted by Gasteiger charge is 2.11. The third-order valence-electron chi connectivity index (χ3n) is 3.40. The molecule has 2 aromatic carbocycles. The van der Waals surface area contributed by atoms with E-state index in [-0.39, 0.29) is 5.88 Å². The third-order valence-corrected chi connectivity index (χ3v) is 4.29. The number of para-hydroxylation sites is 1. The first-order chi connectivity index (χ1) is 10.1. The number of fused-ring (bicyclic) bond motifs is 1. The number of H-pyrrole nitrogens is 1. The van der Waals surface area contributed by atoms with Crippen LogP contribution in [0.3, 0.4) is 0 Å². The molecule has 0 aliphatic rings. The molecule has 106 valence electrons. The lowest BCUT2D eigenvalue weighted by atomic mass is 10.1. The van der Waals surface area contributed by atoms with Crippen molar-refractivity contribution in [2.75, 3.05) is 0 Å². The minimum atomic E-state index is 0.0388. The van der Waals surface area contributed by atoms with Gasteiger partial charge in [0, 0.05) is 9.86 Å². The van der Waals surface area contributed by atoms with Crippen LogP contribution in [0.5, 0.6) is 5.88 Å². The summed E-state index contributed by atoms with van der Waals surface area (Å²) >= 11 is 3.45. The van der Waals surface area contributed by atoms with E-state index < -0.39 is 0 Å². The molecule has 0 spiro atoms. The molecular formula is C16H14BrN3O. The Hall–Kier alpha value is -2.14. The Labute approximate surface area is 130 Å². The first-order valence-electron chi connectivity index (χ1n) is 6.54. The minimum absolute atomic E-state index is 0.0388. The predicted molar refractivity (Wildman–Crippen MR) is 87.8 cm³/mol. The second-order valence-corrected chi connectivity index (χ2v) is 5.81. The molecule has 0 amide bonds. The maximum atomic E-state index is 10.0. The summed E-state index contributed by atoms with van der Waals surface area (Å²) in [6, 6.07) is 11.6. The highest BCUT2D eigenvalue weighted by atomic mass is 79.9. The van der Waals surface area contributed by atoms with Crippen molar-refractivity contribution in [3.8, 4) is 5.88 Å². The van der Waals surface area contributed by atoms with Crippen LogP contribution in [0.4, 0.5) is 11.4 Å². The molecule has 3 aromatic rings. The first-order valence-corrected chi connectivity index (χ1v) is 7.33. The SMILES string of the molecule is Cc1cc(N=Nc2c(O)[nH]c3c(C)cccc23)ccc1Br. The molecule has 5 heteroatoms. The van der Waals surface area contributed by atoms with Crippen LogP contribution in [-0.4, -0.2) is 10.1 Å². The number of nitrogens with one attached hydrogen (secondary N) is 1. The summed E-state index contributed by atoms with van der Waals surface area (Å²) in [5.41, 5.74) is 4.25. The summed E-state index contributed by atoms with van der Waals surface area (Å²) in [6.45, 7) is 3.98. The van der Waals surface area contributed by atoms with Gasteiger partial charge in [-0.1, -0.05) is 34.1 Å². The van der Waals surface area contributed by atoms with Crippen molar-refractivity contribution in [3.05, 3.63) is 52.0 Å². The largest absolute Gasteiger partial charge is 0.493 e.